The van der Waals surface area contributed by atoms with E-state index in [2.05, 4.69) is 9.72 Å². The molecule has 0 N–H and O–H groups in total. The van der Waals surface area contributed by atoms with Crippen LogP contribution >= 0.6 is 0 Å². The summed E-state index contributed by atoms with van der Waals surface area (Å²) in [5.41, 5.74) is -3.22. The lowest BCUT2D eigenvalue weighted by Gasteiger charge is -2.19. The summed E-state index contributed by atoms with van der Waals surface area (Å²) in [7, 11) is 0. The third-order valence-corrected chi connectivity index (χ3v) is 4.23. The van der Waals surface area contributed by atoms with Crippen LogP contribution in [0.5, 0.6) is 5.75 Å². The molecule has 0 spiro atoms. The maximum absolute atomic E-state index is 13.6. The Morgan fingerprint density at radius 1 is 0.968 bits per heavy atom. The van der Waals surface area contributed by atoms with Crippen molar-refractivity contribution < 1.29 is 39.9 Å². The van der Waals surface area contributed by atoms with Crippen molar-refractivity contribution in [3.63, 3.8) is 0 Å². The van der Waals surface area contributed by atoms with Crippen LogP contribution in [0, 0.1) is 6.92 Å². The molecule has 4 nitrogen and oxygen atoms in total. The zero-order chi connectivity index (χ0) is 23.2. The van der Waals surface area contributed by atoms with Gasteiger partial charge in [0.1, 0.15) is 11.4 Å². The predicted molar refractivity (Wildman–Crippen MR) is 93.1 cm³/mol. The summed E-state index contributed by atoms with van der Waals surface area (Å²) in [4.78, 5) is 16.3. The molecule has 31 heavy (non-hydrogen) atoms. The number of fused-ring (bicyclic) bond motifs is 1. The van der Waals surface area contributed by atoms with E-state index in [9.17, 15) is 39.9 Å². The second kappa shape index (κ2) is 7.50. The Labute approximate surface area is 168 Å². The van der Waals surface area contributed by atoms with Crippen LogP contribution in [0.1, 0.15) is 11.3 Å². The van der Waals surface area contributed by atoms with Crippen LogP contribution in [-0.4, -0.2) is 28.1 Å². The normalized spacial score (nSPS) is 12.9. The summed E-state index contributed by atoms with van der Waals surface area (Å²) in [6, 6.07) is 6.42. The Kier molecular flexibility index (Phi) is 5.45. The summed E-state index contributed by atoms with van der Waals surface area (Å²) < 4.78 is 108. The van der Waals surface area contributed by atoms with Crippen molar-refractivity contribution in [2.75, 3.05) is 6.61 Å². The number of rotatable bonds is 4. The van der Waals surface area contributed by atoms with Gasteiger partial charge >= 0.3 is 18.3 Å². The van der Waals surface area contributed by atoms with Gasteiger partial charge in [0.2, 0.25) is 0 Å². The van der Waals surface area contributed by atoms with E-state index >= 15 is 0 Å². The van der Waals surface area contributed by atoms with Crippen molar-refractivity contribution in [1.82, 2.24) is 9.38 Å². The lowest BCUT2D eigenvalue weighted by atomic mass is 10.0. The lowest BCUT2D eigenvalue weighted by molar-refractivity contribution is -0.290. The Morgan fingerprint density at radius 3 is 2.13 bits per heavy atom. The quantitative estimate of drug-likeness (QED) is 0.507. The summed E-state index contributed by atoms with van der Waals surface area (Å²) in [6.07, 6.45) is -9.56. The third-order valence-electron chi connectivity index (χ3n) is 4.23. The molecule has 0 fully saturated rings. The van der Waals surface area contributed by atoms with Crippen LogP contribution in [0.2, 0.25) is 0 Å². The molecule has 0 unspecified atom stereocenters. The zero-order valence-corrected chi connectivity index (χ0v) is 15.5. The average molecular weight is 452 g/mol. The predicted octanol–water partition coefficient (Wildman–Crippen LogP) is 5.27. The van der Waals surface area contributed by atoms with Crippen molar-refractivity contribution in [3.8, 4) is 16.9 Å². The van der Waals surface area contributed by atoms with E-state index in [0.29, 0.717) is 5.56 Å². The van der Waals surface area contributed by atoms with E-state index in [-0.39, 0.29) is 11.2 Å². The molecular weight excluding hydrogens is 440 g/mol. The van der Waals surface area contributed by atoms with Crippen LogP contribution in [0.25, 0.3) is 16.8 Å². The highest BCUT2D eigenvalue weighted by atomic mass is 19.4. The van der Waals surface area contributed by atoms with Crippen LogP contribution < -0.4 is 10.3 Å². The van der Waals surface area contributed by atoms with Crippen molar-refractivity contribution in [1.29, 1.82) is 0 Å². The minimum Gasteiger partial charge on any atom is -0.487 e. The Bertz CT molecular complexity index is 1160. The van der Waals surface area contributed by atoms with Gasteiger partial charge in [-0.05, 0) is 42.3 Å². The first-order valence-corrected chi connectivity index (χ1v) is 8.49. The Morgan fingerprint density at radius 2 is 1.58 bits per heavy atom. The number of alkyl halides is 8. The number of benzene rings is 1. The molecule has 3 aromatic rings. The van der Waals surface area contributed by atoms with E-state index in [0.717, 1.165) is 28.7 Å². The molecule has 1 aromatic carbocycles. The topological polar surface area (TPSA) is 43.6 Å². The monoisotopic (exact) mass is 452 g/mol. The molecule has 12 heteroatoms. The highest BCUT2D eigenvalue weighted by Gasteiger charge is 2.58. The van der Waals surface area contributed by atoms with Gasteiger partial charge in [-0.3, -0.25) is 9.20 Å². The van der Waals surface area contributed by atoms with Crippen molar-refractivity contribution in [3.05, 3.63) is 64.2 Å². The zero-order valence-electron chi connectivity index (χ0n) is 15.5. The number of nitrogens with zero attached hydrogens (tertiary/aromatic N) is 2. The fraction of sp³-hybridized carbons (Fsp3) is 0.263. The second-order valence-corrected chi connectivity index (χ2v) is 6.59. The van der Waals surface area contributed by atoms with Crippen molar-refractivity contribution in [2.24, 2.45) is 0 Å². The minimum absolute atomic E-state index is 0.226. The molecule has 166 valence electrons. The number of hydrogen-bond donors (Lipinski definition) is 0. The molecule has 3 rings (SSSR count). The van der Waals surface area contributed by atoms with E-state index in [1.54, 1.807) is 6.92 Å². The van der Waals surface area contributed by atoms with Crippen LogP contribution in [-0.2, 0) is 6.18 Å². The molecule has 2 aromatic heterocycles. The number of pyridine rings is 1. The smallest absolute Gasteiger partial charge is 0.456 e. The fourth-order valence-corrected chi connectivity index (χ4v) is 2.68. The molecule has 0 aliphatic carbocycles. The van der Waals surface area contributed by atoms with Gasteiger partial charge in [0.25, 0.3) is 5.56 Å². The first-order valence-electron chi connectivity index (χ1n) is 8.49. The average Bonchev–Trinajstić information content (AvgIpc) is 2.65. The Hall–Kier alpha value is -3.18. The lowest BCUT2D eigenvalue weighted by Crippen LogP contribution is -2.41. The van der Waals surface area contributed by atoms with Crippen molar-refractivity contribution in [2.45, 2.75) is 25.2 Å². The van der Waals surface area contributed by atoms with Gasteiger partial charge in [-0.1, -0.05) is 12.1 Å². The molecule has 0 amide bonds. The molecular formula is C19H12F8N2O2. The number of ether oxygens (including phenoxy) is 1. The molecule has 0 saturated heterocycles. The molecule has 0 saturated carbocycles. The fourth-order valence-electron chi connectivity index (χ4n) is 2.68. The van der Waals surface area contributed by atoms with Gasteiger partial charge in [0, 0.05) is 6.20 Å². The molecule has 2 heterocycles. The molecule has 0 bridgehead atoms. The van der Waals surface area contributed by atoms with Crippen molar-refractivity contribution >= 4 is 5.65 Å². The largest absolute Gasteiger partial charge is 0.487 e. The van der Waals surface area contributed by atoms with E-state index in [1.165, 1.54) is 18.3 Å². The molecule has 0 aliphatic heterocycles. The van der Waals surface area contributed by atoms with Gasteiger partial charge in [-0.25, -0.2) is 4.98 Å². The summed E-state index contributed by atoms with van der Waals surface area (Å²) in [5, 5.41) is 0. The van der Waals surface area contributed by atoms with Gasteiger partial charge in [-0.15, -0.1) is 0 Å². The van der Waals surface area contributed by atoms with Gasteiger partial charge < -0.3 is 4.74 Å². The maximum Gasteiger partial charge on any atom is 0.456 e. The SMILES string of the molecule is Cc1ccn2c(=O)c(-c3ccc(OCC(F)(F)C(F)(F)F)cc3)c(C(F)(F)F)nc2c1. The molecule has 0 aliphatic rings. The first kappa shape index (κ1) is 22.5. The standard InChI is InChI=1S/C19H12F8N2O2/c1-10-6-7-29-13(8-10)28-15(18(22,23)24)14(16(29)30)11-2-4-12(5-3-11)31-9-17(20,21)19(25,26)27/h2-8H,9H2,1H3. The van der Waals surface area contributed by atoms with Crippen LogP contribution in [0.15, 0.2) is 47.4 Å². The minimum atomic E-state index is -5.82. The summed E-state index contributed by atoms with van der Waals surface area (Å²) in [6.45, 7) is -0.405. The van der Waals surface area contributed by atoms with Crippen LogP contribution in [0.3, 0.4) is 0 Å². The highest BCUT2D eigenvalue weighted by Crippen LogP contribution is 2.37. The Balaban J connectivity index is 2.03. The van der Waals surface area contributed by atoms with Gasteiger partial charge in [-0.2, -0.15) is 35.1 Å². The summed E-state index contributed by atoms with van der Waals surface area (Å²) >= 11 is 0. The van der Waals surface area contributed by atoms with Crippen LogP contribution in [0.4, 0.5) is 35.1 Å². The maximum atomic E-state index is 13.6. The van der Waals surface area contributed by atoms with Gasteiger partial charge in [0.15, 0.2) is 12.3 Å². The first-order chi connectivity index (χ1) is 14.2. The van der Waals surface area contributed by atoms with E-state index in [1.807, 2.05) is 0 Å². The number of aryl methyl sites for hydroxylation is 1. The molecule has 0 radical (unpaired) electrons. The highest BCUT2D eigenvalue weighted by molar-refractivity contribution is 5.68. The number of halogens is 8. The summed E-state index contributed by atoms with van der Waals surface area (Å²) in [5.74, 6) is -5.57. The van der Waals surface area contributed by atoms with Gasteiger partial charge in [0.05, 0.1) is 5.56 Å². The number of hydrogen-bond acceptors (Lipinski definition) is 3. The third kappa shape index (κ3) is 4.47. The van der Waals surface area contributed by atoms with E-state index in [4.69, 9.17) is 0 Å². The van der Waals surface area contributed by atoms with E-state index < -0.39 is 47.4 Å². The second-order valence-electron chi connectivity index (χ2n) is 6.59. The molecule has 0 atom stereocenters. The number of aromatic nitrogens is 2.